The second-order valence-electron chi connectivity index (χ2n) is 12.2. The first kappa shape index (κ1) is 22.6. The molecule has 9 aromatic rings. The van der Waals surface area contributed by atoms with Crippen LogP contribution in [0.2, 0.25) is 13.1 Å². The summed E-state index contributed by atoms with van der Waals surface area (Å²) in [4.78, 5) is 0. The molecule has 3 nitrogen and oxygen atoms in total. The SMILES string of the molecule is C[Si]1(C)c2ccccc2-n2c3ccccc3c3c2c1cc1c2ccccc2n(-c2ccc4c(c2)oc2ccccc24)c13. The van der Waals surface area contributed by atoms with Gasteiger partial charge in [-0.1, -0.05) is 92.0 Å². The van der Waals surface area contributed by atoms with E-state index >= 15 is 0 Å². The van der Waals surface area contributed by atoms with Crippen molar-refractivity contribution in [1.82, 2.24) is 9.13 Å². The normalized spacial score (nSPS) is 14.1. The molecule has 0 atom stereocenters. The maximum Gasteiger partial charge on any atom is 0.137 e. The van der Waals surface area contributed by atoms with E-state index in [-0.39, 0.29) is 0 Å². The lowest BCUT2D eigenvalue weighted by Gasteiger charge is -2.33. The van der Waals surface area contributed by atoms with Gasteiger partial charge < -0.3 is 13.6 Å². The van der Waals surface area contributed by atoms with Crippen LogP contribution in [0.25, 0.3) is 76.9 Å². The third-order valence-electron chi connectivity index (χ3n) is 9.68. The van der Waals surface area contributed by atoms with Crippen LogP contribution in [0.3, 0.4) is 0 Å². The number of para-hydroxylation sites is 4. The zero-order valence-corrected chi connectivity index (χ0v) is 24.3. The van der Waals surface area contributed by atoms with Crippen molar-refractivity contribution in [3.8, 4) is 11.4 Å². The molecule has 0 N–H and O–H groups in total. The van der Waals surface area contributed by atoms with E-state index in [4.69, 9.17) is 4.42 Å². The van der Waals surface area contributed by atoms with E-state index in [1.165, 1.54) is 59.7 Å². The molecule has 0 aliphatic carbocycles. The van der Waals surface area contributed by atoms with Crippen molar-refractivity contribution < 1.29 is 4.42 Å². The molecule has 0 radical (unpaired) electrons. The first-order chi connectivity index (χ1) is 20.6. The molecule has 10 rings (SSSR count). The number of hydrogen-bond acceptors (Lipinski definition) is 1. The third kappa shape index (κ3) is 2.62. The van der Waals surface area contributed by atoms with Gasteiger partial charge in [-0.2, -0.15) is 0 Å². The molecule has 0 fully saturated rings. The minimum Gasteiger partial charge on any atom is -0.456 e. The van der Waals surface area contributed by atoms with Gasteiger partial charge >= 0.3 is 0 Å². The monoisotopic (exact) mass is 554 g/mol. The Bertz CT molecular complexity index is 2610. The molecule has 42 heavy (non-hydrogen) atoms. The molecule has 0 saturated heterocycles. The van der Waals surface area contributed by atoms with Gasteiger partial charge in [0.2, 0.25) is 0 Å². The molecule has 6 aromatic carbocycles. The van der Waals surface area contributed by atoms with Crippen molar-refractivity contribution in [2.75, 3.05) is 0 Å². The second-order valence-corrected chi connectivity index (χ2v) is 16.5. The van der Waals surface area contributed by atoms with Gasteiger partial charge in [0, 0.05) is 49.8 Å². The first-order valence-corrected chi connectivity index (χ1v) is 17.6. The Hall–Kier alpha value is -5.06. The minimum atomic E-state index is -2.00. The summed E-state index contributed by atoms with van der Waals surface area (Å²) in [6, 6.07) is 44.5. The highest BCUT2D eigenvalue weighted by atomic mass is 28.3. The molecule has 1 aliphatic rings. The average molecular weight is 555 g/mol. The lowest BCUT2D eigenvalue weighted by molar-refractivity contribution is 0.668. The molecule has 3 aromatic heterocycles. The third-order valence-corrected chi connectivity index (χ3v) is 13.2. The fourth-order valence-corrected chi connectivity index (χ4v) is 10.8. The molecule has 198 valence electrons. The number of benzene rings is 6. The van der Waals surface area contributed by atoms with Gasteiger partial charge in [0.05, 0.1) is 22.1 Å². The fraction of sp³-hybridized carbons (Fsp3) is 0.0526. The number of furan rings is 1. The highest BCUT2D eigenvalue weighted by Crippen LogP contribution is 2.43. The number of fused-ring (bicyclic) bond motifs is 12. The van der Waals surface area contributed by atoms with Crippen molar-refractivity contribution in [1.29, 1.82) is 0 Å². The van der Waals surface area contributed by atoms with Crippen molar-refractivity contribution in [2.45, 2.75) is 13.1 Å². The van der Waals surface area contributed by atoms with Crippen LogP contribution in [0.1, 0.15) is 0 Å². The van der Waals surface area contributed by atoms with Gasteiger partial charge in [-0.05, 0) is 46.8 Å². The van der Waals surface area contributed by atoms with E-state index in [0.29, 0.717) is 0 Å². The molecular weight excluding hydrogens is 529 g/mol. The van der Waals surface area contributed by atoms with Crippen molar-refractivity contribution in [3.63, 3.8) is 0 Å². The smallest absolute Gasteiger partial charge is 0.137 e. The molecule has 0 amide bonds. The largest absolute Gasteiger partial charge is 0.456 e. The van der Waals surface area contributed by atoms with Crippen molar-refractivity contribution >= 4 is 84.0 Å². The quantitative estimate of drug-likeness (QED) is 0.186. The summed E-state index contributed by atoms with van der Waals surface area (Å²) >= 11 is 0. The molecule has 0 spiro atoms. The highest BCUT2D eigenvalue weighted by molar-refractivity contribution is 7.03. The Morgan fingerprint density at radius 1 is 0.500 bits per heavy atom. The van der Waals surface area contributed by atoms with Gasteiger partial charge in [0.1, 0.15) is 19.2 Å². The predicted octanol–water partition coefficient (Wildman–Crippen LogP) is 8.92. The maximum absolute atomic E-state index is 6.38. The lowest BCUT2D eigenvalue weighted by atomic mass is 10.1. The summed E-state index contributed by atoms with van der Waals surface area (Å²) in [5, 5.41) is 10.6. The number of rotatable bonds is 1. The van der Waals surface area contributed by atoms with Crippen LogP contribution < -0.4 is 10.4 Å². The molecule has 4 heteroatoms. The Labute approximate surface area is 242 Å². The average Bonchev–Trinajstić information content (AvgIpc) is 3.67. The predicted molar refractivity (Wildman–Crippen MR) is 179 cm³/mol. The molecule has 0 saturated carbocycles. The van der Waals surface area contributed by atoms with Crippen LogP contribution >= 0.6 is 0 Å². The van der Waals surface area contributed by atoms with Crippen LogP contribution in [0.5, 0.6) is 0 Å². The Kier molecular flexibility index (Phi) is 4.09. The topological polar surface area (TPSA) is 23.0 Å². The Balaban J connectivity index is 1.45. The van der Waals surface area contributed by atoms with E-state index < -0.39 is 8.07 Å². The standard InChI is InChI=1S/C38H26N2OSi/c1-42(2)34-18-10-8-16-31(34)40-30-15-7-4-13-27(30)36-37-28(22-35(42)38(36)40)24-11-3-6-14-29(24)39(37)23-19-20-26-25-12-5-9-17-32(25)41-33(26)21-23/h3-22H,1-2H3. The molecule has 4 heterocycles. The lowest BCUT2D eigenvalue weighted by Crippen LogP contribution is -2.57. The number of aromatic nitrogens is 2. The van der Waals surface area contributed by atoms with Gasteiger partial charge in [-0.25, -0.2) is 0 Å². The first-order valence-electron chi connectivity index (χ1n) is 14.6. The molecule has 0 unspecified atom stereocenters. The summed E-state index contributed by atoms with van der Waals surface area (Å²) in [5.74, 6) is 0. The molecular formula is C38H26N2OSi. The highest BCUT2D eigenvalue weighted by Gasteiger charge is 2.38. The van der Waals surface area contributed by atoms with Gasteiger partial charge in [-0.15, -0.1) is 0 Å². The summed E-state index contributed by atoms with van der Waals surface area (Å²) in [6.07, 6.45) is 0. The molecule has 0 bridgehead atoms. The van der Waals surface area contributed by atoms with Gasteiger partial charge in [-0.3, -0.25) is 0 Å². The number of hydrogen-bond donors (Lipinski definition) is 0. The summed E-state index contributed by atoms with van der Waals surface area (Å²) in [5.41, 5.74) is 9.41. The van der Waals surface area contributed by atoms with E-state index in [0.717, 1.165) is 27.6 Å². The fourth-order valence-electron chi connectivity index (χ4n) is 7.80. The van der Waals surface area contributed by atoms with Crippen LogP contribution in [-0.4, -0.2) is 17.2 Å². The minimum absolute atomic E-state index is 0.915. The zero-order valence-electron chi connectivity index (χ0n) is 23.3. The van der Waals surface area contributed by atoms with E-state index in [1.807, 2.05) is 6.07 Å². The van der Waals surface area contributed by atoms with Crippen molar-refractivity contribution in [2.24, 2.45) is 0 Å². The van der Waals surface area contributed by atoms with E-state index in [2.05, 4.69) is 137 Å². The van der Waals surface area contributed by atoms with E-state index in [9.17, 15) is 0 Å². The summed E-state index contributed by atoms with van der Waals surface area (Å²) < 4.78 is 11.4. The Morgan fingerprint density at radius 3 is 2.02 bits per heavy atom. The van der Waals surface area contributed by atoms with Crippen LogP contribution in [0.15, 0.2) is 126 Å². The van der Waals surface area contributed by atoms with Crippen LogP contribution in [0.4, 0.5) is 0 Å². The van der Waals surface area contributed by atoms with Crippen molar-refractivity contribution in [3.05, 3.63) is 121 Å². The number of nitrogens with zero attached hydrogens (tertiary/aromatic N) is 2. The zero-order chi connectivity index (χ0) is 27.7. The second kappa shape index (κ2) is 7.61. The Morgan fingerprint density at radius 2 is 1.17 bits per heavy atom. The summed E-state index contributed by atoms with van der Waals surface area (Å²) in [6.45, 7) is 5.03. The van der Waals surface area contributed by atoms with Gasteiger partial charge in [0.15, 0.2) is 0 Å². The van der Waals surface area contributed by atoms with E-state index in [1.54, 1.807) is 0 Å². The molecule has 1 aliphatic heterocycles. The maximum atomic E-state index is 6.38. The van der Waals surface area contributed by atoms with Gasteiger partial charge in [0.25, 0.3) is 0 Å². The van der Waals surface area contributed by atoms with Crippen LogP contribution in [0, 0.1) is 0 Å². The van der Waals surface area contributed by atoms with Crippen LogP contribution in [-0.2, 0) is 0 Å². The summed E-state index contributed by atoms with van der Waals surface area (Å²) in [7, 11) is -2.00.